The summed E-state index contributed by atoms with van der Waals surface area (Å²) in [5, 5.41) is 1.95. The molecular formula is C26H26N4O3S. The molecule has 174 valence electrons. The van der Waals surface area contributed by atoms with Crippen LogP contribution < -0.4 is 9.64 Å². The van der Waals surface area contributed by atoms with Crippen molar-refractivity contribution in [1.82, 2.24) is 14.3 Å². The van der Waals surface area contributed by atoms with Gasteiger partial charge in [0.25, 0.3) is 0 Å². The third kappa shape index (κ3) is 4.47. The fourth-order valence-electron chi connectivity index (χ4n) is 4.20. The van der Waals surface area contributed by atoms with Crippen LogP contribution in [0.1, 0.15) is 6.92 Å². The highest BCUT2D eigenvalue weighted by atomic mass is 32.2. The first-order valence-corrected chi connectivity index (χ1v) is 12.8. The van der Waals surface area contributed by atoms with E-state index in [1.165, 1.54) is 0 Å². The number of rotatable bonds is 6. The Balaban J connectivity index is 1.29. The lowest BCUT2D eigenvalue weighted by atomic mass is 10.1. The monoisotopic (exact) mass is 474 g/mol. The number of sulfonamides is 1. The van der Waals surface area contributed by atoms with E-state index in [0.717, 1.165) is 33.6 Å². The lowest BCUT2D eigenvalue weighted by Crippen LogP contribution is -2.48. The summed E-state index contributed by atoms with van der Waals surface area (Å²) >= 11 is 0. The molecule has 0 aliphatic carbocycles. The number of benzene rings is 3. The lowest BCUT2D eigenvalue weighted by molar-refractivity contribution is 0.340. The number of nitrogens with zero attached hydrogens (tertiary/aromatic N) is 4. The minimum atomic E-state index is -3.56. The third-order valence-electron chi connectivity index (χ3n) is 6.04. The number of aromatic nitrogens is 2. The molecule has 8 heteroatoms. The molecule has 4 aromatic rings. The minimum Gasteiger partial charge on any atom is -0.494 e. The average Bonchev–Trinajstić information content (AvgIpc) is 2.89. The first-order valence-electron chi connectivity index (χ1n) is 11.3. The minimum absolute atomic E-state index is 0.333. The molecule has 34 heavy (non-hydrogen) atoms. The Kier molecular flexibility index (Phi) is 6.17. The van der Waals surface area contributed by atoms with Gasteiger partial charge in [-0.3, -0.25) is 0 Å². The van der Waals surface area contributed by atoms with Crippen molar-refractivity contribution in [2.45, 2.75) is 11.8 Å². The van der Waals surface area contributed by atoms with Crippen LogP contribution in [-0.4, -0.2) is 55.5 Å². The number of hydrogen-bond donors (Lipinski definition) is 0. The summed E-state index contributed by atoms with van der Waals surface area (Å²) in [4.78, 5) is 11.3. The van der Waals surface area contributed by atoms with Crippen molar-refractivity contribution in [3.63, 3.8) is 0 Å². The first-order chi connectivity index (χ1) is 16.5. The van der Waals surface area contributed by atoms with Crippen LogP contribution in [-0.2, 0) is 10.0 Å². The molecule has 0 N–H and O–H groups in total. The van der Waals surface area contributed by atoms with E-state index < -0.39 is 10.0 Å². The van der Waals surface area contributed by atoms with Crippen molar-refractivity contribution in [3.8, 4) is 17.0 Å². The summed E-state index contributed by atoms with van der Waals surface area (Å²) in [7, 11) is -3.56. The second kappa shape index (κ2) is 9.40. The Labute approximate surface area is 199 Å². The number of fused-ring (bicyclic) bond motifs is 1. The van der Waals surface area contributed by atoms with Gasteiger partial charge in [0, 0.05) is 37.8 Å². The summed E-state index contributed by atoms with van der Waals surface area (Å²) in [6, 6.07) is 22.8. The average molecular weight is 475 g/mol. The molecule has 5 rings (SSSR count). The summed E-state index contributed by atoms with van der Waals surface area (Å²) < 4.78 is 33.6. The Bertz CT molecular complexity index is 1400. The van der Waals surface area contributed by atoms with Crippen LogP contribution in [0.5, 0.6) is 5.75 Å². The van der Waals surface area contributed by atoms with Crippen molar-refractivity contribution >= 4 is 26.6 Å². The lowest BCUT2D eigenvalue weighted by Gasteiger charge is -2.34. The first kappa shape index (κ1) is 22.3. The zero-order valence-electron chi connectivity index (χ0n) is 19.0. The molecule has 1 aliphatic rings. The van der Waals surface area contributed by atoms with Crippen LogP contribution in [0.3, 0.4) is 0 Å². The maximum absolute atomic E-state index is 13.3. The van der Waals surface area contributed by atoms with E-state index in [1.807, 2.05) is 67.6 Å². The summed E-state index contributed by atoms with van der Waals surface area (Å²) in [5.41, 5.74) is 1.80. The van der Waals surface area contributed by atoms with Crippen molar-refractivity contribution < 1.29 is 13.2 Å². The molecule has 0 bridgehead atoms. The molecule has 0 spiro atoms. The molecule has 1 aliphatic heterocycles. The van der Waals surface area contributed by atoms with E-state index in [9.17, 15) is 8.42 Å². The molecule has 0 saturated carbocycles. The Hall–Kier alpha value is -3.49. The van der Waals surface area contributed by atoms with E-state index in [-0.39, 0.29) is 0 Å². The van der Waals surface area contributed by atoms with Gasteiger partial charge in [-0.2, -0.15) is 4.31 Å². The van der Waals surface area contributed by atoms with Crippen molar-refractivity contribution in [2.24, 2.45) is 0 Å². The molecule has 1 fully saturated rings. The summed E-state index contributed by atoms with van der Waals surface area (Å²) in [5.74, 6) is 1.62. The van der Waals surface area contributed by atoms with Gasteiger partial charge in [0.2, 0.25) is 10.0 Å². The van der Waals surface area contributed by atoms with Gasteiger partial charge in [0.1, 0.15) is 17.9 Å². The molecule has 0 radical (unpaired) electrons. The Morgan fingerprint density at radius 1 is 0.853 bits per heavy atom. The zero-order chi connectivity index (χ0) is 23.5. The maximum atomic E-state index is 13.3. The van der Waals surface area contributed by atoms with Gasteiger partial charge in [-0.05, 0) is 54.1 Å². The van der Waals surface area contributed by atoms with E-state index in [1.54, 1.807) is 22.8 Å². The number of piperazine rings is 1. The summed E-state index contributed by atoms with van der Waals surface area (Å²) in [6.07, 6.45) is 1.55. The van der Waals surface area contributed by atoms with E-state index in [4.69, 9.17) is 4.74 Å². The highest BCUT2D eigenvalue weighted by Crippen LogP contribution is 2.26. The Morgan fingerprint density at radius 2 is 1.59 bits per heavy atom. The van der Waals surface area contributed by atoms with Gasteiger partial charge in [-0.1, -0.05) is 30.3 Å². The van der Waals surface area contributed by atoms with E-state index >= 15 is 0 Å². The molecule has 3 aromatic carbocycles. The van der Waals surface area contributed by atoms with Crippen molar-refractivity contribution in [1.29, 1.82) is 0 Å². The predicted octanol–water partition coefficient (Wildman–Crippen LogP) is 4.21. The molecule has 7 nitrogen and oxygen atoms in total. The van der Waals surface area contributed by atoms with Gasteiger partial charge < -0.3 is 9.64 Å². The fraction of sp³-hybridized carbons (Fsp3) is 0.231. The van der Waals surface area contributed by atoms with Crippen molar-refractivity contribution in [2.75, 3.05) is 37.7 Å². The van der Waals surface area contributed by atoms with E-state index in [0.29, 0.717) is 37.7 Å². The van der Waals surface area contributed by atoms with Crippen molar-refractivity contribution in [3.05, 3.63) is 79.1 Å². The molecule has 0 unspecified atom stereocenters. The number of hydrogen-bond acceptors (Lipinski definition) is 6. The number of anilines is 1. The van der Waals surface area contributed by atoms with Gasteiger partial charge in [0.05, 0.1) is 17.2 Å². The zero-order valence-corrected chi connectivity index (χ0v) is 19.8. The molecule has 0 atom stereocenters. The largest absolute Gasteiger partial charge is 0.494 e. The quantitative estimate of drug-likeness (QED) is 0.417. The second-order valence-corrected chi connectivity index (χ2v) is 10.1. The van der Waals surface area contributed by atoms with Gasteiger partial charge in [-0.25, -0.2) is 18.4 Å². The predicted molar refractivity (Wildman–Crippen MR) is 134 cm³/mol. The molecule has 1 aromatic heterocycles. The molecule has 0 amide bonds. The molecule has 1 saturated heterocycles. The van der Waals surface area contributed by atoms with Crippen LogP contribution in [0.2, 0.25) is 0 Å². The van der Waals surface area contributed by atoms with E-state index in [2.05, 4.69) is 14.9 Å². The van der Waals surface area contributed by atoms with Gasteiger partial charge >= 0.3 is 0 Å². The summed E-state index contributed by atoms with van der Waals surface area (Å²) in [6.45, 7) is 4.51. The van der Waals surface area contributed by atoms with Gasteiger partial charge in [-0.15, -0.1) is 0 Å². The molecular weight excluding hydrogens is 448 g/mol. The normalized spacial score (nSPS) is 14.9. The van der Waals surface area contributed by atoms with Crippen LogP contribution >= 0.6 is 0 Å². The second-order valence-electron chi connectivity index (χ2n) is 8.12. The third-order valence-corrected chi connectivity index (χ3v) is 7.93. The Morgan fingerprint density at radius 3 is 2.32 bits per heavy atom. The van der Waals surface area contributed by atoms with Crippen LogP contribution in [0.4, 0.5) is 5.82 Å². The van der Waals surface area contributed by atoms with Crippen LogP contribution in [0, 0.1) is 0 Å². The highest BCUT2D eigenvalue weighted by Gasteiger charge is 2.29. The topological polar surface area (TPSA) is 75.6 Å². The fourth-order valence-corrected chi connectivity index (χ4v) is 5.66. The van der Waals surface area contributed by atoms with Gasteiger partial charge in [0.15, 0.2) is 0 Å². The SMILES string of the molecule is CCOc1ccc(-c2cc(N3CCN(S(=O)(=O)c4ccc5ccccc5c4)CC3)ncn2)cc1. The molecule has 2 heterocycles. The number of ether oxygens (including phenoxy) is 1. The van der Waals surface area contributed by atoms with Crippen LogP contribution in [0.25, 0.3) is 22.0 Å². The highest BCUT2D eigenvalue weighted by molar-refractivity contribution is 7.89. The smallest absolute Gasteiger partial charge is 0.243 e. The van der Waals surface area contributed by atoms with Crippen LogP contribution in [0.15, 0.2) is 84.0 Å². The standard InChI is InChI=1S/C26H26N4O3S/c1-2-33-23-10-7-21(8-11-23)25-18-26(28-19-27-25)29-13-15-30(16-14-29)34(31,32)24-12-9-20-5-3-4-6-22(20)17-24/h3-12,17-19H,2,13-16H2,1H3. The maximum Gasteiger partial charge on any atom is 0.243 e.